The molecule has 1 amide bonds. The number of carbonyl (C=O) groups is 2. The number of hydrogen-bond acceptors (Lipinski definition) is 3. The normalized spacial score (nSPS) is 11.1. The number of halogens is 2. The van der Waals surface area contributed by atoms with Crippen molar-refractivity contribution in [1.82, 2.24) is 5.32 Å². The third-order valence-electron chi connectivity index (χ3n) is 2.26. The van der Waals surface area contributed by atoms with Gasteiger partial charge in [-0.1, -0.05) is 29.3 Å². The number of hydrogen-bond donors (Lipinski definition) is 1. The Kier molecular flexibility index (Phi) is 5.84. The van der Waals surface area contributed by atoms with Crippen molar-refractivity contribution in [3.8, 4) is 0 Å². The maximum Gasteiger partial charge on any atom is 0.310 e. The van der Waals surface area contributed by atoms with Gasteiger partial charge in [0, 0.05) is 21.1 Å². The molecule has 0 aromatic heterocycles. The summed E-state index contributed by atoms with van der Waals surface area (Å²) in [5.74, 6) is -0.903. The third-order valence-corrected chi connectivity index (χ3v) is 2.97. The lowest BCUT2D eigenvalue weighted by Gasteiger charge is -2.20. The van der Waals surface area contributed by atoms with E-state index in [1.807, 2.05) is 20.8 Å². The third kappa shape index (κ3) is 5.80. The van der Waals surface area contributed by atoms with Crippen molar-refractivity contribution < 1.29 is 14.3 Å². The summed E-state index contributed by atoms with van der Waals surface area (Å²) in [5.41, 5.74) is 0.132. The summed E-state index contributed by atoms with van der Waals surface area (Å²) < 4.78 is 4.90. The van der Waals surface area contributed by atoms with E-state index in [-0.39, 0.29) is 24.5 Å². The summed E-state index contributed by atoms with van der Waals surface area (Å²) in [4.78, 5) is 23.2. The Morgan fingerprint density at radius 3 is 2.25 bits per heavy atom. The second kappa shape index (κ2) is 6.95. The van der Waals surface area contributed by atoms with Gasteiger partial charge in [-0.3, -0.25) is 9.59 Å². The number of rotatable bonds is 4. The van der Waals surface area contributed by atoms with Gasteiger partial charge in [0.25, 0.3) is 5.91 Å². The molecular formula is C14H17Cl2NO3. The number of ether oxygens (including phenoxy) is 1. The Balaban J connectivity index is 2.51. The second-order valence-corrected chi connectivity index (χ2v) is 6.15. The first-order valence-corrected chi connectivity index (χ1v) is 6.84. The van der Waals surface area contributed by atoms with Crippen LogP contribution in [0.25, 0.3) is 0 Å². The van der Waals surface area contributed by atoms with Crippen molar-refractivity contribution >= 4 is 35.1 Å². The van der Waals surface area contributed by atoms with Crippen LogP contribution in [0.1, 0.15) is 26.3 Å². The highest BCUT2D eigenvalue weighted by Gasteiger charge is 2.16. The minimum absolute atomic E-state index is 0.0682. The Morgan fingerprint density at radius 2 is 1.75 bits per heavy atom. The average molecular weight is 318 g/mol. The molecule has 0 heterocycles. The van der Waals surface area contributed by atoms with Crippen molar-refractivity contribution in [2.45, 2.75) is 32.7 Å². The summed E-state index contributed by atoms with van der Waals surface area (Å²) in [6.45, 7) is 5.21. The highest BCUT2D eigenvalue weighted by atomic mass is 35.5. The fourth-order valence-corrected chi connectivity index (χ4v) is 2.03. The topological polar surface area (TPSA) is 55.4 Å². The molecule has 0 saturated heterocycles. The van der Waals surface area contributed by atoms with Gasteiger partial charge in [-0.05, 0) is 32.9 Å². The predicted octanol–water partition coefficient (Wildman–Crippen LogP) is 2.99. The zero-order valence-corrected chi connectivity index (χ0v) is 13.1. The molecule has 1 aromatic rings. The summed E-state index contributed by atoms with van der Waals surface area (Å²) in [6, 6.07) is 4.97. The molecule has 1 N–H and O–H groups in total. The van der Waals surface area contributed by atoms with Gasteiger partial charge in [0.2, 0.25) is 0 Å². The number of carbonyl (C=O) groups excluding carboxylic acids is 2. The largest absolute Gasteiger partial charge is 0.455 e. The summed E-state index contributed by atoms with van der Waals surface area (Å²) in [6.07, 6.45) is -0.0682. The van der Waals surface area contributed by atoms with E-state index in [1.54, 1.807) is 18.2 Å². The summed E-state index contributed by atoms with van der Waals surface area (Å²) in [7, 11) is 0. The van der Waals surface area contributed by atoms with E-state index < -0.39 is 5.97 Å². The lowest BCUT2D eigenvalue weighted by molar-refractivity contribution is -0.148. The second-order valence-electron chi connectivity index (χ2n) is 5.34. The molecule has 0 spiro atoms. The Hall–Kier alpha value is -1.26. The molecule has 20 heavy (non-hydrogen) atoms. The highest BCUT2D eigenvalue weighted by Crippen LogP contribution is 2.24. The Morgan fingerprint density at radius 1 is 1.20 bits per heavy atom. The maximum atomic E-state index is 11.7. The van der Waals surface area contributed by atoms with Gasteiger partial charge in [-0.25, -0.2) is 0 Å². The van der Waals surface area contributed by atoms with Crippen LogP contribution in [-0.4, -0.2) is 24.0 Å². The molecule has 0 aliphatic carbocycles. The molecule has 110 valence electrons. The van der Waals surface area contributed by atoms with E-state index in [2.05, 4.69) is 5.32 Å². The van der Waals surface area contributed by atoms with Crippen molar-refractivity contribution in [2.75, 3.05) is 6.61 Å². The SMILES string of the molecule is CC(C)(C)NC(=O)COC(=O)Cc1c(Cl)cccc1Cl. The van der Waals surface area contributed by atoms with Gasteiger partial charge < -0.3 is 10.1 Å². The van der Waals surface area contributed by atoms with E-state index >= 15 is 0 Å². The van der Waals surface area contributed by atoms with Gasteiger partial charge in [0.05, 0.1) is 6.42 Å². The molecule has 0 unspecified atom stereocenters. The molecule has 0 saturated carbocycles. The van der Waals surface area contributed by atoms with Crippen molar-refractivity contribution in [2.24, 2.45) is 0 Å². The first-order chi connectivity index (χ1) is 9.19. The molecule has 0 atom stereocenters. The lowest BCUT2D eigenvalue weighted by atomic mass is 10.1. The molecule has 1 rings (SSSR count). The monoisotopic (exact) mass is 317 g/mol. The molecule has 0 aliphatic heterocycles. The number of nitrogens with one attached hydrogen (secondary N) is 1. The molecule has 4 nitrogen and oxygen atoms in total. The van der Waals surface area contributed by atoms with Crippen LogP contribution in [0.15, 0.2) is 18.2 Å². The van der Waals surface area contributed by atoms with Gasteiger partial charge in [0.15, 0.2) is 6.61 Å². The van der Waals surface area contributed by atoms with Crippen LogP contribution < -0.4 is 5.32 Å². The first kappa shape index (κ1) is 16.8. The van der Waals surface area contributed by atoms with E-state index in [0.717, 1.165) is 0 Å². The zero-order valence-electron chi connectivity index (χ0n) is 11.6. The van der Waals surface area contributed by atoms with Crippen LogP contribution in [0.5, 0.6) is 0 Å². The maximum absolute atomic E-state index is 11.7. The quantitative estimate of drug-likeness (QED) is 0.868. The molecule has 0 bridgehead atoms. The minimum atomic E-state index is -0.552. The van der Waals surface area contributed by atoms with Gasteiger partial charge >= 0.3 is 5.97 Å². The minimum Gasteiger partial charge on any atom is -0.455 e. The fourth-order valence-electron chi connectivity index (χ4n) is 1.50. The van der Waals surface area contributed by atoms with Crippen molar-refractivity contribution in [3.63, 3.8) is 0 Å². The number of amides is 1. The molecule has 6 heteroatoms. The summed E-state index contributed by atoms with van der Waals surface area (Å²) >= 11 is 11.9. The van der Waals surface area contributed by atoms with Crippen LogP contribution in [0, 0.1) is 0 Å². The molecule has 0 radical (unpaired) electrons. The van der Waals surface area contributed by atoms with Crippen LogP contribution in [0.3, 0.4) is 0 Å². The van der Waals surface area contributed by atoms with E-state index in [9.17, 15) is 9.59 Å². The van der Waals surface area contributed by atoms with E-state index in [0.29, 0.717) is 15.6 Å². The van der Waals surface area contributed by atoms with Crippen molar-refractivity contribution in [3.05, 3.63) is 33.8 Å². The number of benzene rings is 1. The van der Waals surface area contributed by atoms with Gasteiger partial charge in [-0.15, -0.1) is 0 Å². The lowest BCUT2D eigenvalue weighted by Crippen LogP contribution is -2.42. The average Bonchev–Trinajstić information content (AvgIpc) is 2.29. The Bertz CT molecular complexity index is 489. The molecule has 0 fully saturated rings. The molecule has 0 aliphatic rings. The van der Waals surface area contributed by atoms with Gasteiger partial charge in [0.1, 0.15) is 0 Å². The fraction of sp³-hybridized carbons (Fsp3) is 0.429. The van der Waals surface area contributed by atoms with Crippen LogP contribution in [-0.2, 0) is 20.7 Å². The van der Waals surface area contributed by atoms with Crippen LogP contribution in [0.2, 0.25) is 10.0 Å². The van der Waals surface area contributed by atoms with Crippen LogP contribution in [0.4, 0.5) is 0 Å². The smallest absolute Gasteiger partial charge is 0.310 e. The predicted molar refractivity (Wildman–Crippen MR) is 79.0 cm³/mol. The Labute approximate surface area is 128 Å². The van der Waals surface area contributed by atoms with Gasteiger partial charge in [-0.2, -0.15) is 0 Å². The van der Waals surface area contributed by atoms with E-state index in [1.165, 1.54) is 0 Å². The number of esters is 1. The molecule has 1 aromatic carbocycles. The molecular weight excluding hydrogens is 301 g/mol. The van der Waals surface area contributed by atoms with E-state index in [4.69, 9.17) is 27.9 Å². The van der Waals surface area contributed by atoms with Crippen molar-refractivity contribution in [1.29, 1.82) is 0 Å². The van der Waals surface area contributed by atoms with Crippen LogP contribution >= 0.6 is 23.2 Å². The standard InChI is InChI=1S/C14H17Cl2NO3/c1-14(2,3)17-12(18)8-20-13(19)7-9-10(15)5-4-6-11(9)16/h4-6H,7-8H2,1-3H3,(H,17,18). The first-order valence-electron chi connectivity index (χ1n) is 6.08. The highest BCUT2D eigenvalue weighted by molar-refractivity contribution is 6.36. The summed E-state index contributed by atoms with van der Waals surface area (Å²) in [5, 5.41) is 3.49. The zero-order chi connectivity index (χ0) is 15.3.